The fraction of sp³-hybridized carbons (Fsp3) is 0.0714. The van der Waals surface area contributed by atoms with Gasteiger partial charge in [0.15, 0.2) is 0 Å². The number of anilines is 1. The maximum atomic E-state index is 12.3. The average Bonchev–Trinajstić information content (AvgIpc) is 2.42. The Bertz CT molecular complexity index is 591. The van der Waals surface area contributed by atoms with Gasteiger partial charge in [-0.15, -0.1) is 0 Å². The Kier molecular flexibility index (Phi) is 5.06. The van der Waals surface area contributed by atoms with Crippen LogP contribution in [0.25, 0.3) is 0 Å². The Morgan fingerprint density at radius 3 is 2.55 bits per heavy atom. The van der Waals surface area contributed by atoms with Gasteiger partial charge in [-0.1, -0.05) is 24.3 Å². The number of nitrogens with zero attached hydrogens (tertiary/aromatic N) is 1. The first-order valence-electron chi connectivity index (χ1n) is 5.74. The Labute approximate surface area is 123 Å². The number of nitrogens with one attached hydrogen (secondary N) is 1. The smallest absolute Gasteiger partial charge is 0.387 e. The normalized spacial score (nSPS) is 11.0. The topological polar surface area (TPSA) is 33.6 Å². The average molecular weight is 341 g/mol. The molecular formula is C14H11BrF2N2O. The van der Waals surface area contributed by atoms with Gasteiger partial charge in [0.1, 0.15) is 5.75 Å². The zero-order chi connectivity index (χ0) is 14.4. The lowest BCUT2D eigenvalue weighted by Crippen LogP contribution is -2.05. The number of hydrazone groups is 1. The summed E-state index contributed by atoms with van der Waals surface area (Å²) >= 11 is 3.28. The van der Waals surface area contributed by atoms with E-state index in [2.05, 4.69) is 31.2 Å². The second-order valence-electron chi connectivity index (χ2n) is 3.77. The molecule has 0 fully saturated rings. The number of ether oxygens (including phenoxy) is 1. The molecule has 2 aromatic carbocycles. The third kappa shape index (κ3) is 4.03. The first kappa shape index (κ1) is 14.5. The molecule has 0 aliphatic heterocycles. The lowest BCUT2D eigenvalue weighted by atomic mass is 10.2. The first-order valence-corrected chi connectivity index (χ1v) is 6.53. The van der Waals surface area contributed by atoms with Crippen molar-refractivity contribution in [2.24, 2.45) is 5.10 Å². The number of rotatable bonds is 5. The van der Waals surface area contributed by atoms with Gasteiger partial charge in [-0.25, -0.2) is 0 Å². The van der Waals surface area contributed by atoms with Crippen molar-refractivity contribution in [3.63, 3.8) is 0 Å². The third-order valence-corrected chi connectivity index (χ3v) is 3.08. The summed E-state index contributed by atoms with van der Waals surface area (Å²) in [4.78, 5) is 0. The van der Waals surface area contributed by atoms with Gasteiger partial charge < -0.3 is 4.74 Å². The molecule has 0 amide bonds. The van der Waals surface area contributed by atoms with E-state index in [9.17, 15) is 8.78 Å². The van der Waals surface area contributed by atoms with Crippen LogP contribution in [-0.4, -0.2) is 12.8 Å². The predicted octanol–water partition coefficient (Wildman–Crippen LogP) is 4.50. The first-order chi connectivity index (χ1) is 9.66. The van der Waals surface area contributed by atoms with Crippen molar-refractivity contribution in [2.45, 2.75) is 6.61 Å². The molecular weight excluding hydrogens is 330 g/mol. The van der Waals surface area contributed by atoms with E-state index < -0.39 is 6.61 Å². The van der Waals surface area contributed by atoms with Gasteiger partial charge in [0.2, 0.25) is 0 Å². The summed E-state index contributed by atoms with van der Waals surface area (Å²) in [6.07, 6.45) is 1.43. The van der Waals surface area contributed by atoms with Crippen molar-refractivity contribution in [3.8, 4) is 5.75 Å². The molecule has 20 heavy (non-hydrogen) atoms. The third-order valence-electron chi connectivity index (χ3n) is 2.39. The predicted molar refractivity (Wildman–Crippen MR) is 78.4 cm³/mol. The quantitative estimate of drug-likeness (QED) is 0.642. The molecule has 2 rings (SSSR count). The van der Waals surface area contributed by atoms with Crippen LogP contribution in [-0.2, 0) is 0 Å². The Hall–Kier alpha value is -1.95. The minimum absolute atomic E-state index is 0.0630. The van der Waals surface area contributed by atoms with Crippen molar-refractivity contribution in [1.29, 1.82) is 0 Å². The molecule has 0 saturated heterocycles. The van der Waals surface area contributed by atoms with E-state index in [1.54, 1.807) is 12.1 Å². The van der Waals surface area contributed by atoms with Crippen molar-refractivity contribution in [1.82, 2.24) is 0 Å². The van der Waals surface area contributed by atoms with Gasteiger partial charge in [-0.3, -0.25) is 5.43 Å². The fourth-order valence-corrected chi connectivity index (χ4v) is 1.98. The highest BCUT2D eigenvalue weighted by molar-refractivity contribution is 9.10. The molecule has 0 unspecified atom stereocenters. The van der Waals surface area contributed by atoms with E-state index in [1.165, 1.54) is 12.3 Å². The van der Waals surface area contributed by atoms with Gasteiger partial charge in [0.05, 0.1) is 17.5 Å². The Morgan fingerprint density at radius 2 is 1.85 bits per heavy atom. The largest absolute Gasteiger partial charge is 0.434 e. The van der Waals surface area contributed by atoms with E-state index >= 15 is 0 Å². The van der Waals surface area contributed by atoms with Crippen LogP contribution in [0.5, 0.6) is 5.75 Å². The zero-order valence-corrected chi connectivity index (χ0v) is 11.8. The number of halogens is 3. The van der Waals surface area contributed by atoms with Crippen LogP contribution >= 0.6 is 15.9 Å². The number of para-hydroxylation sites is 1. The Morgan fingerprint density at radius 1 is 1.10 bits per heavy atom. The highest BCUT2D eigenvalue weighted by atomic mass is 79.9. The van der Waals surface area contributed by atoms with Gasteiger partial charge in [-0.05, 0) is 40.2 Å². The number of hydrogen-bond acceptors (Lipinski definition) is 3. The molecule has 0 spiro atoms. The van der Waals surface area contributed by atoms with Gasteiger partial charge >= 0.3 is 6.61 Å². The van der Waals surface area contributed by atoms with Crippen LogP contribution < -0.4 is 10.2 Å². The van der Waals surface area contributed by atoms with E-state index in [0.717, 1.165) is 5.69 Å². The summed E-state index contributed by atoms with van der Waals surface area (Å²) < 4.78 is 29.7. The van der Waals surface area contributed by atoms with Crippen LogP contribution in [0.3, 0.4) is 0 Å². The molecule has 0 saturated carbocycles. The minimum Gasteiger partial charge on any atom is -0.434 e. The molecule has 6 heteroatoms. The molecule has 0 radical (unpaired) electrons. The number of benzene rings is 2. The second kappa shape index (κ2) is 7.00. The number of alkyl halides is 2. The van der Waals surface area contributed by atoms with Crippen LogP contribution in [0, 0.1) is 0 Å². The molecule has 0 heterocycles. The van der Waals surface area contributed by atoms with Gasteiger partial charge in [-0.2, -0.15) is 13.9 Å². The van der Waals surface area contributed by atoms with Crippen LogP contribution in [0.15, 0.2) is 58.1 Å². The summed E-state index contributed by atoms with van der Waals surface area (Å²) in [5, 5.41) is 4.01. The molecule has 0 bridgehead atoms. The lowest BCUT2D eigenvalue weighted by Gasteiger charge is -2.09. The molecule has 104 valence electrons. The molecule has 2 aromatic rings. The van der Waals surface area contributed by atoms with Gasteiger partial charge in [0, 0.05) is 4.47 Å². The highest BCUT2D eigenvalue weighted by Gasteiger charge is 2.10. The maximum Gasteiger partial charge on any atom is 0.387 e. The molecule has 3 nitrogen and oxygen atoms in total. The van der Waals surface area contributed by atoms with Gasteiger partial charge in [0.25, 0.3) is 0 Å². The fourth-order valence-electron chi connectivity index (χ4n) is 1.53. The van der Waals surface area contributed by atoms with Crippen molar-refractivity contribution >= 4 is 27.8 Å². The lowest BCUT2D eigenvalue weighted by molar-refractivity contribution is -0.0499. The molecule has 0 atom stereocenters. The highest BCUT2D eigenvalue weighted by Crippen LogP contribution is 2.26. The molecule has 0 aromatic heterocycles. The van der Waals surface area contributed by atoms with Crippen molar-refractivity contribution < 1.29 is 13.5 Å². The maximum absolute atomic E-state index is 12.3. The van der Waals surface area contributed by atoms with E-state index in [4.69, 9.17) is 0 Å². The second-order valence-corrected chi connectivity index (χ2v) is 4.62. The summed E-state index contributed by atoms with van der Waals surface area (Å²) in [7, 11) is 0. The summed E-state index contributed by atoms with van der Waals surface area (Å²) in [6, 6.07) is 14.1. The van der Waals surface area contributed by atoms with E-state index in [1.807, 2.05) is 30.3 Å². The van der Waals surface area contributed by atoms with Crippen LogP contribution in [0.4, 0.5) is 14.5 Å². The molecule has 0 aliphatic rings. The monoisotopic (exact) mass is 340 g/mol. The van der Waals surface area contributed by atoms with Crippen LogP contribution in [0.1, 0.15) is 5.56 Å². The summed E-state index contributed by atoms with van der Waals surface area (Å²) in [5.41, 5.74) is 4.05. The standard InChI is InChI=1S/C14H11BrF2N2O/c15-12-7-4-8-13(20-14(16)17)11(12)9-18-19-10-5-2-1-3-6-10/h1-9,14,19H. The molecule has 1 N–H and O–H groups in total. The van der Waals surface area contributed by atoms with Crippen molar-refractivity contribution in [2.75, 3.05) is 5.43 Å². The van der Waals surface area contributed by atoms with Crippen molar-refractivity contribution in [3.05, 3.63) is 58.6 Å². The zero-order valence-electron chi connectivity index (χ0n) is 10.3. The number of hydrogen-bond donors (Lipinski definition) is 1. The van der Waals surface area contributed by atoms with Crippen LogP contribution in [0.2, 0.25) is 0 Å². The Balaban J connectivity index is 2.15. The SMILES string of the molecule is FC(F)Oc1cccc(Br)c1C=NNc1ccccc1. The van der Waals surface area contributed by atoms with E-state index in [-0.39, 0.29) is 5.75 Å². The summed E-state index contributed by atoms with van der Waals surface area (Å²) in [6.45, 7) is -2.88. The van der Waals surface area contributed by atoms with E-state index in [0.29, 0.717) is 10.0 Å². The summed E-state index contributed by atoms with van der Waals surface area (Å²) in [5.74, 6) is 0.0630. The molecule has 0 aliphatic carbocycles. The minimum atomic E-state index is -2.88.